The summed E-state index contributed by atoms with van der Waals surface area (Å²) in [5.41, 5.74) is 1.92. The number of benzene rings is 2. The van der Waals surface area contributed by atoms with Crippen molar-refractivity contribution in [3.05, 3.63) is 75.3 Å². The zero-order valence-corrected chi connectivity index (χ0v) is 21.1. The Balaban J connectivity index is 1.93. The van der Waals surface area contributed by atoms with Gasteiger partial charge in [0.25, 0.3) is 5.78 Å². The summed E-state index contributed by atoms with van der Waals surface area (Å²) in [6.07, 6.45) is 0. The van der Waals surface area contributed by atoms with E-state index >= 15 is 0 Å². The molecule has 36 heavy (non-hydrogen) atoms. The van der Waals surface area contributed by atoms with Gasteiger partial charge in [-0.15, -0.1) is 0 Å². The second-order valence-corrected chi connectivity index (χ2v) is 9.01. The molecule has 3 aromatic rings. The van der Waals surface area contributed by atoms with Crippen LogP contribution in [0.4, 0.5) is 5.13 Å². The lowest BCUT2D eigenvalue weighted by Gasteiger charge is -2.23. The SMILES string of the molecule is COC(=O)c1sc(N2C(=O)C(=O)/C(=C(/O)c3ccc(OC)c(C)c3)[C@H]2c2ccc(OC)cc2)nc1C. The highest BCUT2D eigenvalue weighted by atomic mass is 32.1. The molecule has 1 N–H and O–H groups in total. The molecule has 2 heterocycles. The highest BCUT2D eigenvalue weighted by Gasteiger charge is 2.48. The Morgan fingerprint density at radius 2 is 1.72 bits per heavy atom. The molecule has 1 aliphatic rings. The number of anilines is 1. The van der Waals surface area contributed by atoms with E-state index < -0.39 is 23.7 Å². The number of Topliss-reactive ketones (excluding diaryl/α,β-unsaturated/α-hetero) is 1. The van der Waals surface area contributed by atoms with Crippen molar-refractivity contribution in [3.63, 3.8) is 0 Å². The fourth-order valence-corrected chi connectivity index (χ4v) is 5.09. The number of aliphatic hydroxyl groups is 1. The third-order valence-electron chi connectivity index (χ3n) is 5.91. The number of rotatable bonds is 6. The molecule has 4 rings (SSSR count). The molecule has 1 aliphatic heterocycles. The van der Waals surface area contributed by atoms with Crippen molar-refractivity contribution in [1.82, 2.24) is 4.98 Å². The van der Waals surface area contributed by atoms with Crippen molar-refractivity contribution in [1.29, 1.82) is 0 Å². The van der Waals surface area contributed by atoms with Crippen molar-refractivity contribution in [3.8, 4) is 11.5 Å². The van der Waals surface area contributed by atoms with Gasteiger partial charge in [0.2, 0.25) is 0 Å². The van der Waals surface area contributed by atoms with Crippen LogP contribution in [0, 0.1) is 13.8 Å². The van der Waals surface area contributed by atoms with Gasteiger partial charge in [-0.3, -0.25) is 14.5 Å². The van der Waals surface area contributed by atoms with Crippen LogP contribution in [0.1, 0.15) is 38.1 Å². The maximum Gasteiger partial charge on any atom is 0.350 e. The molecule has 2 aromatic carbocycles. The summed E-state index contributed by atoms with van der Waals surface area (Å²) >= 11 is 0.940. The fourth-order valence-electron chi connectivity index (χ4n) is 4.08. The molecule has 1 saturated heterocycles. The van der Waals surface area contributed by atoms with Crippen LogP contribution in [0.25, 0.3) is 5.76 Å². The van der Waals surface area contributed by atoms with Crippen molar-refractivity contribution < 1.29 is 33.7 Å². The number of carbonyl (C=O) groups is 3. The molecule has 1 atom stereocenters. The van der Waals surface area contributed by atoms with E-state index in [1.807, 2.05) is 6.92 Å². The third kappa shape index (κ3) is 4.20. The molecule has 0 aliphatic carbocycles. The van der Waals surface area contributed by atoms with Crippen LogP contribution in [-0.4, -0.2) is 49.1 Å². The largest absolute Gasteiger partial charge is 0.507 e. The molecule has 1 fully saturated rings. The van der Waals surface area contributed by atoms with E-state index in [4.69, 9.17) is 14.2 Å². The maximum atomic E-state index is 13.3. The Bertz CT molecular complexity index is 1390. The van der Waals surface area contributed by atoms with Crippen LogP contribution < -0.4 is 14.4 Å². The van der Waals surface area contributed by atoms with Crippen LogP contribution >= 0.6 is 11.3 Å². The van der Waals surface area contributed by atoms with E-state index in [1.54, 1.807) is 49.4 Å². The molecule has 0 saturated carbocycles. The van der Waals surface area contributed by atoms with Crippen molar-refractivity contribution >= 4 is 39.9 Å². The average Bonchev–Trinajstić information content (AvgIpc) is 3.39. The molecular formula is C26H24N2O7S. The van der Waals surface area contributed by atoms with Crippen LogP contribution in [0.15, 0.2) is 48.0 Å². The quantitative estimate of drug-likeness (QED) is 0.228. The molecule has 1 amide bonds. The number of ether oxygens (including phenoxy) is 3. The highest BCUT2D eigenvalue weighted by molar-refractivity contribution is 7.17. The second-order valence-electron chi connectivity index (χ2n) is 8.03. The van der Waals surface area contributed by atoms with Gasteiger partial charge in [-0.1, -0.05) is 23.5 Å². The average molecular weight is 509 g/mol. The molecule has 0 radical (unpaired) electrons. The van der Waals surface area contributed by atoms with E-state index in [2.05, 4.69) is 4.98 Å². The normalized spacial score (nSPS) is 16.8. The minimum Gasteiger partial charge on any atom is -0.507 e. The van der Waals surface area contributed by atoms with E-state index in [1.165, 1.54) is 26.2 Å². The summed E-state index contributed by atoms with van der Waals surface area (Å²) in [5, 5.41) is 11.4. The van der Waals surface area contributed by atoms with Crippen LogP contribution in [0.3, 0.4) is 0 Å². The lowest BCUT2D eigenvalue weighted by atomic mass is 9.95. The molecular weight excluding hydrogens is 484 g/mol. The lowest BCUT2D eigenvalue weighted by molar-refractivity contribution is -0.132. The number of ketones is 1. The molecule has 0 bridgehead atoms. The van der Waals surface area contributed by atoms with Gasteiger partial charge in [-0.25, -0.2) is 9.78 Å². The number of thiazole rings is 1. The highest BCUT2D eigenvalue weighted by Crippen LogP contribution is 2.44. The third-order valence-corrected chi connectivity index (χ3v) is 7.04. The molecule has 1 aromatic heterocycles. The van der Waals surface area contributed by atoms with Gasteiger partial charge in [-0.05, 0) is 55.3 Å². The number of methoxy groups -OCH3 is 3. The number of nitrogens with zero attached hydrogens (tertiary/aromatic N) is 2. The first-order valence-electron chi connectivity index (χ1n) is 10.9. The number of aliphatic hydroxyl groups excluding tert-OH is 1. The number of aromatic nitrogens is 1. The summed E-state index contributed by atoms with van der Waals surface area (Å²) in [4.78, 5) is 44.6. The van der Waals surface area contributed by atoms with Crippen molar-refractivity contribution in [2.45, 2.75) is 19.9 Å². The van der Waals surface area contributed by atoms with Crippen LogP contribution in [-0.2, 0) is 14.3 Å². The summed E-state index contributed by atoms with van der Waals surface area (Å²) in [6.45, 7) is 3.42. The Hall–Kier alpha value is -4.18. The van der Waals surface area contributed by atoms with Gasteiger partial charge in [-0.2, -0.15) is 0 Å². The van der Waals surface area contributed by atoms with Gasteiger partial charge in [0.1, 0.15) is 22.1 Å². The number of amides is 1. The predicted octanol–water partition coefficient (Wildman–Crippen LogP) is 4.19. The molecule has 10 heteroatoms. The standard InChI is InChI=1S/C26H24N2O7S/c1-13-12-16(8-11-18(13)34-4)21(29)19-20(15-6-9-17(33-3)10-7-15)28(24(31)22(19)30)26-27-14(2)23(36-26)25(32)35-5/h6-12,20,29H,1-5H3/b21-19+/t20-/m1/s1. The molecule has 9 nitrogen and oxygen atoms in total. The number of esters is 1. The smallest absolute Gasteiger partial charge is 0.350 e. The van der Waals surface area contributed by atoms with Gasteiger partial charge in [0.05, 0.1) is 38.6 Å². The first-order valence-corrected chi connectivity index (χ1v) is 11.7. The molecule has 0 unspecified atom stereocenters. The van der Waals surface area contributed by atoms with E-state index in [-0.39, 0.29) is 21.3 Å². The first kappa shape index (κ1) is 24.9. The Labute approximate surface area is 211 Å². The monoisotopic (exact) mass is 508 g/mol. The minimum absolute atomic E-state index is 0.0952. The Morgan fingerprint density at radius 3 is 2.31 bits per heavy atom. The van der Waals surface area contributed by atoms with Gasteiger partial charge in [0.15, 0.2) is 5.13 Å². The number of hydrogen-bond donors (Lipinski definition) is 1. The molecule has 0 spiro atoms. The van der Waals surface area contributed by atoms with E-state index in [0.29, 0.717) is 28.3 Å². The number of carbonyl (C=O) groups excluding carboxylic acids is 3. The Kier molecular flexibility index (Phi) is 6.80. The zero-order valence-electron chi connectivity index (χ0n) is 20.3. The van der Waals surface area contributed by atoms with Crippen LogP contribution in [0.2, 0.25) is 0 Å². The van der Waals surface area contributed by atoms with E-state index in [0.717, 1.165) is 16.9 Å². The van der Waals surface area contributed by atoms with Gasteiger partial charge in [0, 0.05) is 5.56 Å². The molecule has 186 valence electrons. The summed E-state index contributed by atoms with van der Waals surface area (Å²) in [7, 11) is 4.32. The maximum absolute atomic E-state index is 13.3. The van der Waals surface area contributed by atoms with Gasteiger partial charge >= 0.3 is 11.9 Å². The summed E-state index contributed by atoms with van der Waals surface area (Å²) in [6, 6.07) is 10.8. The minimum atomic E-state index is -0.991. The van der Waals surface area contributed by atoms with E-state index in [9.17, 15) is 19.5 Å². The fraction of sp³-hybridized carbons (Fsp3) is 0.231. The summed E-state index contributed by atoms with van der Waals surface area (Å²) < 4.78 is 15.3. The lowest BCUT2D eigenvalue weighted by Crippen LogP contribution is -2.29. The predicted molar refractivity (Wildman–Crippen MR) is 134 cm³/mol. The number of hydrogen-bond acceptors (Lipinski definition) is 9. The first-order chi connectivity index (χ1) is 17.2. The van der Waals surface area contributed by atoms with Crippen LogP contribution in [0.5, 0.6) is 11.5 Å². The van der Waals surface area contributed by atoms with Crippen molar-refractivity contribution in [2.24, 2.45) is 0 Å². The Morgan fingerprint density at radius 1 is 1.03 bits per heavy atom. The zero-order chi connectivity index (χ0) is 26.1. The topological polar surface area (TPSA) is 115 Å². The summed E-state index contributed by atoms with van der Waals surface area (Å²) in [5.74, 6) is -1.46. The van der Waals surface area contributed by atoms with Crippen molar-refractivity contribution in [2.75, 3.05) is 26.2 Å². The second kappa shape index (κ2) is 9.82. The number of aryl methyl sites for hydroxylation is 2. The van der Waals surface area contributed by atoms with Gasteiger partial charge < -0.3 is 19.3 Å².